The third-order valence-corrected chi connectivity index (χ3v) is 4.83. The lowest BCUT2D eigenvalue weighted by atomic mass is 9.95. The van der Waals surface area contributed by atoms with Gasteiger partial charge in [0.2, 0.25) is 11.8 Å². The number of carbonyl (C=O) groups excluding carboxylic acids is 2. The second-order valence-corrected chi connectivity index (χ2v) is 6.80. The van der Waals surface area contributed by atoms with Crippen LogP contribution in [0.5, 0.6) is 0 Å². The van der Waals surface area contributed by atoms with E-state index in [1.165, 1.54) is 6.07 Å². The minimum Gasteiger partial charge on any atom is -0.339 e. The molecule has 0 aliphatic carbocycles. The summed E-state index contributed by atoms with van der Waals surface area (Å²) in [7, 11) is 0. The fourth-order valence-electron chi connectivity index (χ4n) is 3.11. The molecule has 1 aliphatic heterocycles. The zero-order valence-electron chi connectivity index (χ0n) is 15.3. The van der Waals surface area contributed by atoms with Gasteiger partial charge in [-0.1, -0.05) is 36.4 Å². The van der Waals surface area contributed by atoms with Crippen LogP contribution in [0.25, 0.3) is 6.08 Å². The molecule has 4 nitrogen and oxygen atoms in total. The quantitative estimate of drug-likeness (QED) is 0.831. The molecule has 27 heavy (non-hydrogen) atoms. The van der Waals surface area contributed by atoms with Gasteiger partial charge in [-0.25, -0.2) is 4.39 Å². The van der Waals surface area contributed by atoms with Gasteiger partial charge in [-0.05, 0) is 49.1 Å². The van der Waals surface area contributed by atoms with Crippen molar-refractivity contribution >= 4 is 23.6 Å². The molecule has 3 rings (SSSR count). The maximum absolute atomic E-state index is 13.6. The summed E-state index contributed by atoms with van der Waals surface area (Å²) in [5.74, 6) is -0.668. The van der Waals surface area contributed by atoms with Crippen LogP contribution in [0.2, 0.25) is 0 Å². The molecule has 0 saturated carbocycles. The Balaban J connectivity index is 1.50. The summed E-state index contributed by atoms with van der Waals surface area (Å²) >= 11 is 0. The molecule has 1 aliphatic rings. The Morgan fingerprint density at radius 1 is 1.11 bits per heavy atom. The molecule has 0 aromatic heterocycles. The number of nitrogens with zero attached hydrogens (tertiary/aromatic N) is 1. The highest BCUT2D eigenvalue weighted by atomic mass is 19.1. The van der Waals surface area contributed by atoms with Crippen LogP contribution < -0.4 is 5.32 Å². The summed E-state index contributed by atoms with van der Waals surface area (Å²) in [6.07, 6.45) is 4.58. The third-order valence-electron chi connectivity index (χ3n) is 4.83. The second-order valence-electron chi connectivity index (χ2n) is 6.80. The zero-order valence-corrected chi connectivity index (χ0v) is 15.3. The van der Waals surface area contributed by atoms with Crippen molar-refractivity contribution in [1.82, 2.24) is 4.90 Å². The van der Waals surface area contributed by atoms with E-state index in [1.54, 1.807) is 36.1 Å². The molecule has 5 heteroatoms. The van der Waals surface area contributed by atoms with E-state index in [0.29, 0.717) is 37.2 Å². The summed E-state index contributed by atoms with van der Waals surface area (Å²) in [4.78, 5) is 26.5. The minimum absolute atomic E-state index is 0.0432. The molecule has 1 N–H and O–H groups in total. The van der Waals surface area contributed by atoms with Crippen molar-refractivity contribution < 1.29 is 14.0 Å². The topological polar surface area (TPSA) is 49.4 Å². The van der Waals surface area contributed by atoms with E-state index in [4.69, 9.17) is 0 Å². The maximum Gasteiger partial charge on any atom is 0.246 e. The van der Waals surface area contributed by atoms with Gasteiger partial charge >= 0.3 is 0 Å². The fourth-order valence-corrected chi connectivity index (χ4v) is 3.11. The van der Waals surface area contributed by atoms with Crippen LogP contribution in [0, 0.1) is 18.7 Å². The normalized spacial score (nSPS) is 15.1. The number of aryl methyl sites for hydroxylation is 1. The van der Waals surface area contributed by atoms with E-state index in [2.05, 4.69) is 5.32 Å². The maximum atomic E-state index is 13.6. The molecule has 1 heterocycles. The lowest BCUT2D eigenvalue weighted by molar-refractivity contribution is -0.130. The van der Waals surface area contributed by atoms with Crippen LogP contribution in [-0.2, 0) is 9.59 Å². The molecule has 0 unspecified atom stereocenters. The number of likely N-dealkylation sites (tertiary alicyclic amines) is 1. The number of benzene rings is 2. The third kappa shape index (κ3) is 5.03. The standard InChI is InChI=1S/C22H23FN2O2/c1-16-7-9-19(15-20(16)23)24-22(27)18-11-13-25(14-12-18)21(26)10-8-17-5-3-2-4-6-17/h2-10,15,18H,11-14H2,1H3,(H,24,27)/b10-8+. The molecule has 2 aromatic carbocycles. The van der Waals surface area contributed by atoms with E-state index < -0.39 is 0 Å². The Morgan fingerprint density at radius 2 is 1.81 bits per heavy atom. The molecule has 2 amide bonds. The first-order valence-corrected chi connectivity index (χ1v) is 9.12. The number of piperidine rings is 1. The van der Waals surface area contributed by atoms with E-state index in [9.17, 15) is 14.0 Å². The predicted molar refractivity (Wildman–Crippen MR) is 105 cm³/mol. The molecule has 0 bridgehead atoms. The Hall–Kier alpha value is -2.95. The van der Waals surface area contributed by atoms with Crippen molar-refractivity contribution in [3.8, 4) is 0 Å². The highest BCUT2D eigenvalue weighted by Crippen LogP contribution is 2.21. The van der Waals surface area contributed by atoms with Gasteiger partial charge in [-0.2, -0.15) is 0 Å². The van der Waals surface area contributed by atoms with Crippen molar-refractivity contribution in [2.24, 2.45) is 5.92 Å². The van der Waals surface area contributed by atoms with Gasteiger partial charge < -0.3 is 10.2 Å². The van der Waals surface area contributed by atoms with Crippen molar-refractivity contribution in [3.63, 3.8) is 0 Å². The lowest BCUT2D eigenvalue weighted by Crippen LogP contribution is -2.40. The molecule has 0 radical (unpaired) electrons. The summed E-state index contributed by atoms with van der Waals surface area (Å²) in [5.41, 5.74) is 1.99. The summed E-state index contributed by atoms with van der Waals surface area (Å²) in [6.45, 7) is 2.76. The molecule has 1 saturated heterocycles. The van der Waals surface area contributed by atoms with Gasteiger partial charge in [0.05, 0.1) is 0 Å². The molecule has 2 aromatic rings. The first-order valence-electron chi connectivity index (χ1n) is 9.12. The Morgan fingerprint density at radius 3 is 2.48 bits per heavy atom. The first-order chi connectivity index (χ1) is 13.0. The van der Waals surface area contributed by atoms with Crippen LogP contribution in [0.15, 0.2) is 54.6 Å². The summed E-state index contributed by atoms with van der Waals surface area (Å²) < 4.78 is 13.6. The monoisotopic (exact) mass is 366 g/mol. The summed E-state index contributed by atoms with van der Waals surface area (Å²) in [6, 6.07) is 14.3. The Kier molecular flexibility index (Phi) is 6.01. The van der Waals surface area contributed by atoms with Gasteiger partial charge in [0, 0.05) is 30.8 Å². The Bertz CT molecular complexity index is 841. The largest absolute Gasteiger partial charge is 0.339 e. The smallest absolute Gasteiger partial charge is 0.246 e. The number of nitrogens with one attached hydrogen (secondary N) is 1. The summed E-state index contributed by atoms with van der Waals surface area (Å²) in [5, 5.41) is 2.77. The van der Waals surface area contributed by atoms with E-state index in [-0.39, 0.29) is 23.5 Å². The minimum atomic E-state index is -0.335. The van der Waals surface area contributed by atoms with E-state index >= 15 is 0 Å². The van der Waals surface area contributed by atoms with Gasteiger partial charge in [0.1, 0.15) is 5.82 Å². The van der Waals surface area contributed by atoms with E-state index in [0.717, 1.165) is 5.56 Å². The van der Waals surface area contributed by atoms with Crippen molar-refractivity contribution in [2.45, 2.75) is 19.8 Å². The van der Waals surface area contributed by atoms with Crippen LogP contribution in [0.4, 0.5) is 10.1 Å². The number of carbonyl (C=O) groups is 2. The number of hydrogen-bond acceptors (Lipinski definition) is 2. The molecule has 0 spiro atoms. The average molecular weight is 366 g/mol. The van der Waals surface area contributed by atoms with E-state index in [1.807, 2.05) is 30.3 Å². The molecule has 1 fully saturated rings. The molecular formula is C22H23FN2O2. The second kappa shape index (κ2) is 8.62. The van der Waals surface area contributed by atoms with Gasteiger partial charge in [-0.15, -0.1) is 0 Å². The van der Waals surface area contributed by atoms with Crippen LogP contribution in [0.1, 0.15) is 24.0 Å². The average Bonchev–Trinajstić information content (AvgIpc) is 2.70. The highest BCUT2D eigenvalue weighted by Gasteiger charge is 2.26. The zero-order chi connectivity index (χ0) is 19.2. The van der Waals surface area contributed by atoms with Gasteiger partial charge in [0.15, 0.2) is 0 Å². The number of amides is 2. The SMILES string of the molecule is Cc1ccc(NC(=O)C2CCN(C(=O)/C=C/c3ccccc3)CC2)cc1F. The van der Waals surface area contributed by atoms with Crippen molar-refractivity contribution in [1.29, 1.82) is 0 Å². The predicted octanol–water partition coefficient (Wildman–Crippen LogP) is 4.02. The fraction of sp³-hybridized carbons (Fsp3) is 0.273. The Labute approximate surface area is 158 Å². The van der Waals surface area contributed by atoms with Crippen molar-refractivity contribution in [2.75, 3.05) is 18.4 Å². The number of halogens is 1. The van der Waals surface area contributed by atoms with Crippen molar-refractivity contribution in [3.05, 3.63) is 71.6 Å². The van der Waals surface area contributed by atoms with Gasteiger partial charge in [-0.3, -0.25) is 9.59 Å². The van der Waals surface area contributed by atoms with Crippen LogP contribution >= 0.6 is 0 Å². The first kappa shape index (κ1) is 18.8. The van der Waals surface area contributed by atoms with Crippen LogP contribution in [0.3, 0.4) is 0 Å². The van der Waals surface area contributed by atoms with Crippen LogP contribution in [-0.4, -0.2) is 29.8 Å². The molecule has 140 valence electrons. The highest BCUT2D eigenvalue weighted by molar-refractivity contribution is 5.94. The molecule has 0 atom stereocenters. The van der Waals surface area contributed by atoms with Gasteiger partial charge in [0.25, 0.3) is 0 Å². The molecular weight excluding hydrogens is 343 g/mol. The lowest BCUT2D eigenvalue weighted by Gasteiger charge is -2.30. The number of anilines is 1. The number of rotatable bonds is 4. The number of hydrogen-bond donors (Lipinski definition) is 1.